The Morgan fingerprint density at radius 3 is 2.38 bits per heavy atom. The summed E-state index contributed by atoms with van der Waals surface area (Å²) in [5, 5.41) is 4.14. The molecular formula is C17H17N3O5S. The second kappa shape index (κ2) is 9.33. The van der Waals surface area contributed by atoms with Gasteiger partial charge < -0.3 is 10.1 Å². The van der Waals surface area contributed by atoms with Crippen LogP contribution >= 0.6 is 11.3 Å². The standard InChI is InChI=1S/C17H17N3O5S/c1-11(15(22)19-20-16(23)12-6-3-2-4-7-12)25-14(21)10-18-17(24)13-8-5-9-26-13/h2-9,11H,10H2,1H3,(H,18,24)(H,19,22)(H,20,23)/t11-/m1/s1. The molecule has 0 spiro atoms. The third-order valence-corrected chi connectivity index (χ3v) is 4.02. The lowest BCUT2D eigenvalue weighted by molar-refractivity contribution is -0.154. The Morgan fingerprint density at radius 1 is 1.00 bits per heavy atom. The Hall–Kier alpha value is -3.20. The topological polar surface area (TPSA) is 114 Å². The first-order chi connectivity index (χ1) is 12.5. The molecule has 0 fully saturated rings. The van der Waals surface area contributed by atoms with Gasteiger partial charge in [0.05, 0.1) is 4.88 Å². The second-order valence-corrected chi connectivity index (χ2v) is 6.05. The van der Waals surface area contributed by atoms with Gasteiger partial charge in [0.2, 0.25) is 0 Å². The predicted molar refractivity (Wildman–Crippen MR) is 94.3 cm³/mol. The van der Waals surface area contributed by atoms with Gasteiger partial charge in [0, 0.05) is 5.56 Å². The summed E-state index contributed by atoms with van der Waals surface area (Å²) < 4.78 is 4.90. The zero-order chi connectivity index (χ0) is 18.9. The minimum atomic E-state index is -1.14. The molecule has 136 valence electrons. The second-order valence-electron chi connectivity index (χ2n) is 5.10. The van der Waals surface area contributed by atoms with Crippen LogP contribution in [0, 0.1) is 0 Å². The van der Waals surface area contributed by atoms with Gasteiger partial charge in [0.15, 0.2) is 6.10 Å². The van der Waals surface area contributed by atoms with E-state index in [1.807, 2.05) is 0 Å². The zero-order valence-corrected chi connectivity index (χ0v) is 14.7. The van der Waals surface area contributed by atoms with Gasteiger partial charge in [-0.1, -0.05) is 24.3 Å². The van der Waals surface area contributed by atoms with Crippen LogP contribution in [0.15, 0.2) is 47.8 Å². The van der Waals surface area contributed by atoms with E-state index in [0.717, 1.165) is 0 Å². The smallest absolute Gasteiger partial charge is 0.326 e. The summed E-state index contributed by atoms with van der Waals surface area (Å²) in [4.78, 5) is 47.5. The summed E-state index contributed by atoms with van der Waals surface area (Å²) in [7, 11) is 0. The lowest BCUT2D eigenvalue weighted by atomic mass is 10.2. The highest BCUT2D eigenvalue weighted by Crippen LogP contribution is 2.07. The molecule has 1 aromatic carbocycles. The van der Waals surface area contributed by atoms with Crippen LogP contribution in [0.1, 0.15) is 27.0 Å². The van der Waals surface area contributed by atoms with Crippen molar-refractivity contribution in [3.8, 4) is 0 Å². The van der Waals surface area contributed by atoms with Crippen LogP contribution in [0.5, 0.6) is 0 Å². The van der Waals surface area contributed by atoms with E-state index in [1.54, 1.807) is 47.8 Å². The highest BCUT2D eigenvalue weighted by molar-refractivity contribution is 7.12. The fourth-order valence-electron chi connectivity index (χ4n) is 1.82. The first-order valence-electron chi connectivity index (χ1n) is 7.64. The van der Waals surface area contributed by atoms with Crippen LogP contribution in [-0.4, -0.2) is 36.3 Å². The Balaban J connectivity index is 1.71. The molecular weight excluding hydrogens is 358 g/mol. The largest absolute Gasteiger partial charge is 0.451 e. The third kappa shape index (κ3) is 5.71. The van der Waals surface area contributed by atoms with E-state index in [2.05, 4.69) is 16.2 Å². The monoisotopic (exact) mass is 375 g/mol. The molecule has 0 unspecified atom stereocenters. The first-order valence-corrected chi connectivity index (χ1v) is 8.51. The highest BCUT2D eigenvalue weighted by Gasteiger charge is 2.19. The molecule has 0 saturated heterocycles. The molecule has 0 radical (unpaired) electrons. The van der Waals surface area contributed by atoms with Gasteiger partial charge in [-0.25, -0.2) is 0 Å². The number of carbonyl (C=O) groups is 4. The highest BCUT2D eigenvalue weighted by atomic mass is 32.1. The first kappa shape index (κ1) is 19.1. The maximum absolute atomic E-state index is 11.9. The van der Waals surface area contributed by atoms with Gasteiger partial charge in [-0.2, -0.15) is 0 Å². The molecule has 1 heterocycles. The average Bonchev–Trinajstić information content (AvgIpc) is 3.19. The van der Waals surface area contributed by atoms with Crippen LogP contribution in [0.25, 0.3) is 0 Å². The van der Waals surface area contributed by atoms with E-state index in [0.29, 0.717) is 10.4 Å². The molecule has 1 atom stereocenters. The van der Waals surface area contributed by atoms with Gasteiger partial charge in [0.25, 0.3) is 17.7 Å². The lowest BCUT2D eigenvalue weighted by Gasteiger charge is -2.14. The third-order valence-electron chi connectivity index (χ3n) is 3.15. The normalized spacial score (nSPS) is 11.1. The summed E-state index contributed by atoms with van der Waals surface area (Å²) in [6.45, 7) is 0.980. The number of hydrazine groups is 1. The predicted octanol–water partition coefficient (Wildman–Crippen LogP) is 0.871. The Kier molecular flexibility index (Phi) is 6.86. The number of esters is 1. The van der Waals surface area contributed by atoms with Crippen LogP contribution in [0.4, 0.5) is 0 Å². The maximum atomic E-state index is 11.9. The number of thiophene rings is 1. The molecule has 0 aliphatic carbocycles. The van der Waals surface area contributed by atoms with E-state index in [1.165, 1.54) is 18.3 Å². The van der Waals surface area contributed by atoms with Crippen LogP contribution in [0.3, 0.4) is 0 Å². The number of carbonyl (C=O) groups excluding carboxylic acids is 4. The van der Waals surface area contributed by atoms with Crippen molar-refractivity contribution < 1.29 is 23.9 Å². The zero-order valence-electron chi connectivity index (χ0n) is 13.9. The van der Waals surface area contributed by atoms with Gasteiger partial charge in [0.1, 0.15) is 6.54 Å². The van der Waals surface area contributed by atoms with Gasteiger partial charge >= 0.3 is 5.97 Å². The Morgan fingerprint density at radius 2 is 1.73 bits per heavy atom. The SMILES string of the molecule is C[C@@H](OC(=O)CNC(=O)c1cccs1)C(=O)NNC(=O)c1ccccc1. The molecule has 26 heavy (non-hydrogen) atoms. The van der Waals surface area contributed by atoms with Gasteiger partial charge in [-0.15, -0.1) is 11.3 Å². The van der Waals surface area contributed by atoms with Crippen LogP contribution in [0.2, 0.25) is 0 Å². The van der Waals surface area contributed by atoms with Gasteiger partial charge in [-0.05, 0) is 30.5 Å². The van der Waals surface area contributed by atoms with Crippen molar-refractivity contribution in [2.75, 3.05) is 6.54 Å². The van der Waals surface area contributed by atoms with E-state index in [9.17, 15) is 19.2 Å². The number of ether oxygens (including phenoxy) is 1. The molecule has 3 amide bonds. The number of rotatable bonds is 6. The molecule has 0 saturated carbocycles. The Bertz CT molecular complexity index is 777. The van der Waals surface area contributed by atoms with Crippen molar-refractivity contribution >= 4 is 35.0 Å². The molecule has 0 aliphatic heterocycles. The van der Waals surface area contributed by atoms with Gasteiger partial charge in [-0.3, -0.25) is 30.0 Å². The number of benzene rings is 1. The van der Waals surface area contributed by atoms with Crippen LogP contribution < -0.4 is 16.2 Å². The number of hydrogen-bond donors (Lipinski definition) is 3. The average molecular weight is 375 g/mol. The van der Waals surface area contributed by atoms with E-state index in [-0.39, 0.29) is 6.54 Å². The van der Waals surface area contributed by atoms with E-state index in [4.69, 9.17) is 4.74 Å². The number of amides is 3. The molecule has 8 nitrogen and oxygen atoms in total. The molecule has 9 heteroatoms. The maximum Gasteiger partial charge on any atom is 0.326 e. The summed E-state index contributed by atoms with van der Waals surface area (Å²) in [6, 6.07) is 11.6. The van der Waals surface area contributed by atoms with Crippen LogP contribution in [-0.2, 0) is 14.3 Å². The lowest BCUT2D eigenvalue weighted by Crippen LogP contribution is -2.47. The van der Waals surface area contributed by atoms with Crippen molar-refractivity contribution in [3.05, 3.63) is 58.3 Å². The molecule has 0 aliphatic rings. The minimum absolute atomic E-state index is 0.369. The number of hydrogen-bond acceptors (Lipinski definition) is 6. The molecule has 3 N–H and O–H groups in total. The summed E-state index contributed by atoms with van der Waals surface area (Å²) in [6.07, 6.45) is -1.14. The fraction of sp³-hybridized carbons (Fsp3) is 0.176. The van der Waals surface area contributed by atoms with Crippen molar-refractivity contribution in [3.63, 3.8) is 0 Å². The quantitative estimate of drug-likeness (QED) is 0.512. The molecule has 2 rings (SSSR count). The van der Waals surface area contributed by atoms with E-state index < -0.39 is 29.8 Å². The Labute approximate surface area is 153 Å². The van der Waals surface area contributed by atoms with Crippen molar-refractivity contribution in [1.82, 2.24) is 16.2 Å². The van der Waals surface area contributed by atoms with Crippen molar-refractivity contribution in [2.45, 2.75) is 13.0 Å². The van der Waals surface area contributed by atoms with E-state index >= 15 is 0 Å². The summed E-state index contributed by atoms with van der Waals surface area (Å²) in [5.74, 6) is -2.37. The number of nitrogens with one attached hydrogen (secondary N) is 3. The molecule has 0 bridgehead atoms. The fourth-order valence-corrected chi connectivity index (χ4v) is 2.46. The van der Waals surface area contributed by atoms with Crippen molar-refractivity contribution in [1.29, 1.82) is 0 Å². The summed E-state index contributed by atoms with van der Waals surface area (Å²) in [5.41, 5.74) is 4.76. The molecule has 1 aromatic heterocycles. The summed E-state index contributed by atoms with van der Waals surface area (Å²) >= 11 is 1.24. The minimum Gasteiger partial charge on any atom is -0.451 e. The molecule has 2 aromatic rings. The van der Waals surface area contributed by atoms with Crippen molar-refractivity contribution in [2.24, 2.45) is 0 Å².